The second-order valence-electron chi connectivity index (χ2n) is 6.20. The summed E-state index contributed by atoms with van der Waals surface area (Å²) < 4.78 is 0. The van der Waals surface area contributed by atoms with Crippen molar-refractivity contribution < 1.29 is 14.7 Å². The Morgan fingerprint density at radius 3 is 2.24 bits per heavy atom. The molecule has 21 heavy (non-hydrogen) atoms. The van der Waals surface area contributed by atoms with Crippen molar-refractivity contribution in [3.8, 4) is 0 Å². The third kappa shape index (κ3) is 9.43. The molecule has 0 bridgehead atoms. The normalized spacial score (nSPS) is 14.8. The zero-order chi connectivity index (χ0) is 16.3. The van der Waals surface area contributed by atoms with Crippen molar-refractivity contribution in [2.24, 2.45) is 11.8 Å². The van der Waals surface area contributed by atoms with Crippen LogP contribution in [0.25, 0.3) is 0 Å². The van der Waals surface area contributed by atoms with Gasteiger partial charge in [0.25, 0.3) is 0 Å². The van der Waals surface area contributed by atoms with Crippen molar-refractivity contribution in [3.05, 3.63) is 11.6 Å². The predicted molar refractivity (Wildman–Crippen MR) is 87.3 cm³/mol. The molecule has 0 fully saturated rings. The molecular formula is C18H32O3. The number of rotatable bonds is 12. The molecule has 0 aromatic carbocycles. The lowest BCUT2D eigenvalue weighted by molar-refractivity contribution is -0.147. The molecule has 2 unspecified atom stereocenters. The Morgan fingerprint density at radius 2 is 1.71 bits per heavy atom. The van der Waals surface area contributed by atoms with Gasteiger partial charge in [0.05, 0.1) is 0 Å². The average molecular weight is 296 g/mol. The molecule has 0 aromatic rings. The van der Waals surface area contributed by atoms with E-state index >= 15 is 0 Å². The molecule has 0 rings (SSSR count). The van der Waals surface area contributed by atoms with E-state index in [9.17, 15) is 9.59 Å². The van der Waals surface area contributed by atoms with Crippen LogP contribution >= 0.6 is 0 Å². The van der Waals surface area contributed by atoms with Gasteiger partial charge in [-0.1, -0.05) is 51.2 Å². The number of carbonyl (C=O) groups excluding carboxylic acids is 1. The third-order valence-corrected chi connectivity index (χ3v) is 4.06. The molecule has 2 atom stereocenters. The highest BCUT2D eigenvalue weighted by molar-refractivity contribution is 5.97. The van der Waals surface area contributed by atoms with E-state index in [0.29, 0.717) is 0 Å². The SMILES string of the molecule is CCCCCCC/C(C)=C\CCC(C)C(C(C)=O)C(=O)O. The third-order valence-electron chi connectivity index (χ3n) is 4.06. The number of aliphatic carboxylic acids is 1. The fraction of sp³-hybridized carbons (Fsp3) is 0.778. The highest BCUT2D eigenvalue weighted by atomic mass is 16.4. The molecule has 0 aliphatic heterocycles. The van der Waals surface area contributed by atoms with Crippen LogP contribution in [0.4, 0.5) is 0 Å². The molecule has 3 heteroatoms. The summed E-state index contributed by atoms with van der Waals surface area (Å²) in [5, 5.41) is 9.07. The van der Waals surface area contributed by atoms with E-state index < -0.39 is 11.9 Å². The topological polar surface area (TPSA) is 54.4 Å². The smallest absolute Gasteiger partial charge is 0.314 e. The molecule has 1 N–H and O–H groups in total. The second kappa shape index (κ2) is 11.5. The van der Waals surface area contributed by atoms with Crippen LogP contribution in [0.1, 0.15) is 79.1 Å². The fourth-order valence-corrected chi connectivity index (χ4v) is 2.69. The first-order valence-electron chi connectivity index (χ1n) is 8.29. The zero-order valence-electron chi connectivity index (χ0n) is 14.2. The molecule has 0 aliphatic carbocycles. The highest BCUT2D eigenvalue weighted by Gasteiger charge is 2.28. The maximum absolute atomic E-state index is 11.4. The van der Waals surface area contributed by atoms with Gasteiger partial charge in [0, 0.05) is 0 Å². The summed E-state index contributed by atoms with van der Waals surface area (Å²) in [5.74, 6) is -2.19. The van der Waals surface area contributed by atoms with Gasteiger partial charge >= 0.3 is 5.97 Å². The van der Waals surface area contributed by atoms with Crippen molar-refractivity contribution >= 4 is 11.8 Å². The van der Waals surface area contributed by atoms with Crippen LogP contribution in [-0.4, -0.2) is 16.9 Å². The second-order valence-corrected chi connectivity index (χ2v) is 6.20. The van der Waals surface area contributed by atoms with Gasteiger partial charge in [0.1, 0.15) is 11.7 Å². The van der Waals surface area contributed by atoms with Gasteiger partial charge in [-0.15, -0.1) is 0 Å². The zero-order valence-corrected chi connectivity index (χ0v) is 14.2. The summed E-state index contributed by atoms with van der Waals surface area (Å²) >= 11 is 0. The van der Waals surface area contributed by atoms with Gasteiger partial charge in [0.2, 0.25) is 0 Å². The van der Waals surface area contributed by atoms with E-state index in [-0.39, 0.29) is 11.7 Å². The van der Waals surface area contributed by atoms with E-state index in [1.165, 1.54) is 44.6 Å². The molecule has 122 valence electrons. The number of carbonyl (C=O) groups is 2. The maximum Gasteiger partial charge on any atom is 0.314 e. The summed E-state index contributed by atoms with van der Waals surface area (Å²) in [7, 11) is 0. The van der Waals surface area contributed by atoms with E-state index in [4.69, 9.17) is 5.11 Å². The van der Waals surface area contributed by atoms with Crippen molar-refractivity contribution in [1.82, 2.24) is 0 Å². The molecular weight excluding hydrogens is 264 g/mol. The van der Waals surface area contributed by atoms with Crippen molar-refractivity contribution in [2.75, 3.05) is 0 Å². The lowest BCUT2D eigenvalue weighted by Gasteiger charge is -2.16. The standard InChI is InChI=1S/C18H32O3/c1-5-6-7-8-9-11-14(2)12-10-13-15(3)17(16(4)19)18(20)21/h12,15,17H,5-11,13H2,1-4H3,(H,20,21)/b14-12-. The Labute approximate surface area is 129 Å². The summed E-state index contributed by atoms with van der Waals surface area (Å²) in [6.45, 7) is 7.59. The van der Waals surface area contributed by atoms with Crippen LogP contribution in [0.2, 0.25) is 0 Å². The molecule has 0 heterocycles. The van der Waals surface area contributed by atoms with E-state index in [1.54, 1.807) is 0 Å². The Kier molecular flexibility index (Phi) is 10.9. The molecule has 0 aromatic heterocycles. The monoisotopic (exact) mass is 296 g/mol. The first-order chi connectivity index (χ1) is 9.90. The molecule has 0 saturated carbocycles. The van der Waals surface area contributed by atoms with Crippen LogP contribution in [0.3, 0.4) is 0 Å². The fourth-order valence-electron chi connectivity index (χ4n) is 2.69. The minimum atomic E-state index is -0.994. The number of Topliss-reactive ketones (excluding diaryl/α,β-unsaturated/α-hetero) is 1. The van der Waals surface area contributed by atoms with Gasteiger partial charge in [-0.05, 0) is 45.4 Å². The summed E-state index contributed by atoms with van der Waals surface area (Å²) in [6.07, 6.45) is 11.4. The van der Waals surface area contributed by atoms with E-state index in [2.05, 4.69) is 19.9 Å². The number of carboxylic acids is 1. The van der Waals surface area contributed by atoms with Crippen LogP contribution in [0.5, 0.6) is 0 Å². The number of allylic oxidation sites excluding steroid dienone is 2. The van der Waals surface area contributed by atoms with Crippen molar-refractivity contribution in [3.63, 3.8) is 0 Å². The molecule has 0 radical (unpaired) electrons. The first kappa shape index (κ1) is 19.9. The lowest BCUT2D eigenvalue weighted by Crippen LogP contribution is -2.28. The quantitative estimate of drug-likeness (QED) is 0.313. The number of unbranched alkanes of at least 4 members (excludes halogenated alkanes) is 4. The number of hydrogen-bond donors (Lipinski definition) is 1. The van der Waals surface area contributed by atoms with Gasteiger partial charge in [-0.2, -0.15) is 0 Å². The Hall–Kier alpha value is -1.12. The molecule has 3 nitrogen and oxygen atoms in total. The maximum atomic E-state index is 11.4. The first-order valence-corrected chi connectivity index (χ1v) is 8.29. The summed E-state index contributed by atoms with van der Waals surface area (Å²) in [5.41, 5.74) is 1.38. The van der Waals surface area contributed by atoms with Crippen LogP contribution < -0.4 is 0 Å². The Balaban J connectivity index is 4.01. The number of hydrogen-bond acceptors (Lipinski definition) is 2. The van der Waals surface area contributed by atoms with Crippen LogP contribution in [0.15, 0.2) is 11.6 Å². The molecule has 0 spiro atoms. The van der Waals surface area contributed by atoms with E-state index in [1.807, 2.05) is 6.92 Å². The molecule has 0 saturated heterocycles. The van der Waals surface area contributed by atoms with Crippen molar-refractivity contribution in [1.29, 1.82) is 0 Å². The minimum Gasteiger partial charge on any atom is -0.481 e. The van der Waals surface area contributed by atoms with Crippen LogP contribution in [-0.2, 0) is 9.59 Å². The van der Waals surface area contributed by atoms with Gasteiger partial charge < -0.3 is 5.11 Å². The summed E-state index contributed by atoms with van der Waals surface area (Å²) in [6, 6.07) is 0. The van der Waals surface area contributed by atoms with Gasteiger partial charge in [-0.3, -0.25) is 9.59 Å². The predicted octanol–water partition coefficient (Wildman–Crippen LogP) is 5.00. The minimum absolute atomic E-state index is 0.103. The lowest BCUT2D eigenvalue weighted by atomic mass is 9.87. The number of ketones is 1. The Bertz CT molecular complexity index is 330. The van der Waals surface area contributed by atoms with Gasteiger partial charge in [-0.25, -0.2) is 0 Å². The van der Waals surface area contributed by atoms with Crippen molar-refractivity contribution in [2.45, 2.75) is 79.1 Å². The summed E-state index contributed by atoms with van der Waals surface area (Å²) in [4.78, 5) is 22.4. The largest absolute Gasteiger partial charge is 0.481 e. The van der Waals surface area contributed by atoms with E-state index in [0.717, 1.165) is 19.3 Å². The van der Waals surface area contributed by atoms with Crippen LogP contribution in [0, 0.1) is 11.8 Å². The molecule has 0 aliphatic rings. The number of carboxylic acid groups (broad SMARTS) is 1. The van der Waals surface area contributed by atoms with Gasteiger partial charge in [0.15, 0.2) is 0 Å². The Morgan fingerprint density at radius 1 is 1.10 bits per heavy atom. The highest BCUT2D eigenvalue weighted by Crippen LogP contribution is 2.20. The molecule has 0 amide bonds. The average Bonchev–Trinajstić information content (AvgIpc) is 2.37.